The van der Waals surface area contributed by atoms with Crippen LogP contribution in [0.4, 0.5) is 0 Å². The highest BCUT2D eigenvalue weighted by Crippen LogP contribution is 2.20. The Morgan fingerprint density at radius 1 is 0.909 bits per heavy atom. The normalized spacial score (nSPS) is 19.0. The number of carbonyl (C=O) groups is 1. The van der Waals surface area contributed by atoms with Crippen LogP contribution in [0.1, 0.15) is 5.56 Å². The maximum atomic E-state index is 12.1. The molecule has 1 aromatic rings. The first-order chi connectivity index (χ1) is 10.1. The number of sulfone groups is 1. The summed E-state index contributed by atoms with van der Waals surface area (Å²) in [7, 11) is -4.40. The van der Waals surface area contributed by atoms with Crippen LogP contribution in [0, 0.1) is 6.92 Å². The molecule has 9 heteroatoms. The number of benzene rings is 1. The summed E-state index contributed by atoms with van der Waals surface area (Å²) in [6.07, 6.45) is -8.83. The fourth-order valence-corrected chi connectivity index (χ4v) is 3.03. The van der Waals surface area contributed by atoms with Gasteiger partial charge in [-0.2, -0.15) is 0 Å². The van der Waals surface area contributed by atoms with E-state index in [0.29, 0.717) is 0 Å². The van der Waals surface area contributed by atoms with Gasteiger partial charge in [-0.3, -0.25) is 0 Å². The molecule has 0 aliphatic rings. The minimum Gasteiger partial charge on any atom is -0.387 e. The van der Waals surface area contributed by atoms with Crippen LogP contribution in [0.2, 0.25) is 0 Å². The maximum absolute atomic E-state index is 12.1. The SMILES string of the molecule is Cc1ccc(S(=O)(=O)C(O)[C@@H](O)[C@@H](O)[C@H](O)[C@@H](O)C=O)cc1. The van der Waals surface area contributed by atoms with Crippen LogP contribution in [0.5, 0.6) is 0 Å². The van der Waals surface area contributed by atoms with Gasteiger partial charge < -0.3 is 30.3 Å². The van der Waals surface area contributed by atoms with Crippen LogP contribution in [0.15, 0.2) is 29.2 Å². The van der Waals surface area contributed by atoms with Gasteiger partial charge in [0.15, 0.2) is 11.7 Å². The Labute approximate surface area is 127 Å². The molecule has 1 unspecified atom stereocenters. The van der Waals surface area contributed by atoms with Crippen molar-refractivity contribution in [1.82, 2.24) is 0 Å². The number of hydrogen-bond acceptors (Lipinski definition) is 8. The molecular formula is C13H18O8S. The number of carbonyl (C=O) groups excluding carboxylic acids is 1. The lowest BCUT2D eigenvalue weighted by molar-refractivity contribution is -0.138. The van der Waals surface area contributed by atoms with E-state index >= 15 is 0 Å². The molecule has 124 valence electrons. The number of aliphatic hydroxyl groups excluding tert-OH is 5. The zero-order chi connectivity index (χ0) is 17.1. The Balaban J connectivity index is 3.00. The van der Waals surface area contributed by atoms with Crippen LogP contribution in [-0.4, -0.2) is 70.1 Å². The number of aliphatic hydroxyl groups is 5. The van der Waals surface area contributed by atoms with Crippen LogP contribution in [0.25, 0.3) is 0 Å². The van der Waals surface area contributed by atoms with Crippen molar-refractivity contribution in [3.8, 4) is 0 Å². The molecule has 5 atom stereocenters. The van der Waals surface area contributed by atoms with Crippen LogP contribution < -0.4 is 0 Å². The second-order valence-corrected chi connectivity index (χ2v) is 6.89. The molecule has 5 N–H and O–H groups in total. The average Bonchev–Trinajstić information content (AvgIpc) is 2.51. The lowest BCUT2D eigenvalue weighted by atomic mass is 10.0. The van der Waals surface area contributed by atoms with Gasteiger partial charge in [0, 0.05) is 0 Å². The number of hydrogen-bond donors (Lipinski definition) is 5. The fraction of sp³-hybridized carbons (Fsp3) is 0.462. The highest BCUT2D eigenvalue weighted by atomic mass is 32.2. The van der Waals surface area contributed by atoms with Crippen LogP contribution >= 0.6 is 0 Å². The Kier molecular flexibility index (Phi) is 6.17. The molecule has 0 aromatic heterocycles. The van der Waals surface area contributed by atoms with E-state index in [9.17, 15) is 33.6 Å². The predicted molar refractivity (Wildman–Crippen MR) is 74.5 cm³/mol. The van der Waals surface area contributed by atoms with E-state index in [2.05, 4.69) is 0 Å². The lowest BCUT2D eigenvalue weighted by Gasteiger charge is -2.27. The quantitative estimate of drug-likeness (QED) is 0.350. The Bertz CT molecular complexity index is 597. The van der Waals surface area contributed by atoms with Gasteiger partial charge in [-0.25, -0.2) is 8.42 Å². The van der Waals surface area contributed by atoms with E-state index in [-0.39, 0.29) is 11.2 Å². The summed E-state index contributed by atoms with van der Waals surface area (Å²) in [6, 6.07) is 5.38. The zero-order valence-electron chi connectivity index (χ0n) is 11.6. The van der Waals surface area contributed by atoms with Crippen molar-refractivity contribution in [1.29, 1.82) is 0 Å². The van der Waals surface area contributed by atoms with Gasteiger partial charge in [0.25, 0.3) is 0 Å². The van der Waals surface area contributed by atoms with Crippen molar-refractivity contribution in [3.63, 3.8) is 0 Å². The summed E-state index contributed by atoms with van der Waals surface area (Å²) in [4.78, 5) is 10.0. The minimum atomic E-state index is -4.40. The smallest absolute Gasteiger partial charge is 0.207 e. The third-order valence-electron chi connectivity index (χ3n) is 3.15. The Morgan fingerprint density at radius 2 is 1.41 bits per heavy atom. The molecule has 0 bridgehead atoms. The Morgan fingerprint density at radius 3 is 1.86 bits per heavy atom. The standard InChI is InChI=1S/C13H18O8S/c1-7-2-4-8(5-3-7)22(20,21)13(19)12(18)11(17)10(16)9(15)6-14/h2-6,9-13,15-19H,1H3/t9-,10+,11-,12-,13?/m0/s1. The molecular weight excluding hydrogens is 316 g/mol. The third-order valence-corrected chi connectivity index (χ3v) is 4.99. The molecule has 1 rings (SSSR count). The van der Waals surface area contributed by atoms with Crippen molar-refractivity contribution in [2.24, 2.45) is 0 Å². The third kappa shape index (κ3) is 3.88. The summed E-state index contributed by atoms with van der Waals surface area (Å²) in [5, 5.41) is 47.5. The molecule has 0 amide bonds. The second-order valence-electron chi connectivity index (χ2n) is 4.85. The van der Waals surface area contributed by atoms with Crippen molar-refractivity contribution in [2.75, 3.05) is 0 Å². The summed E-state index contributed by atoms with van der Waals surface area (Å²) >= 11 is 0. The largest absolute Gasteiger partial charge is 0.387 e. The molecule has 0 fully saturated rings. The van der Waals surface area contributed by atoms with Crippen molar-refractivity contribution >= 4 is 16.1 Å². The van der Waals surface area contributed by atoms with Crippen LogP contribution in [-0.2, 0) is 14.6 Å². The van der Waals surface area contributed by atoms with Crippen LogP contribution in [0.3, 0.4) is 0 Å². The van der Waals surface area contributed by atoms with Gasteiger partial charge in [-0.15, -0.1) is 0 Å². The predicted octanol–water partition coefficient (Wildman–Crippen LogP) is -2.27. The molecule has 0 spiro atoms. The van der Waals surface area contributed by atoms with Gasteiger partial charge >= 0.3 is 0 Å². The first kappa shape index (κ1) is 18.7. The molecule has 0 radical (unpaired) electrons. The summed E-state index contributed by atoms with van der Waals surface area (Å²) in [5.41, 5.74) is -1.67. The second kappa shape index (κ2) is 7.27. The van der Waals surface area contributed by atoms with Crippen molar-refractivity contribution in [2.45, 2.75) is 41.7 Å². The van der Waals surface area contributed by atoms with E-state index in [1.165, 1.54) is 24.3 Å². The fourth-order valence-electron chi connectivity index (χ4n) is 1.70. The highest BCUT2D eigenvalue weighted by Gasteiger charge is 2.40. The molecule has 1 aromatic carbocycles. The van der Waals surface area contributed by atoms with E-state index in [1.807, 2.05) is 0 Å². The molecule has 8 nitrogen and oxygen atoms in total. The number of aryl methyl sites for hydroxylation is 1. The molecule has 0 heterocycles. The summed E-state index contributed by atoms with van der Waals surface area (Å²) in [6.45, 7) is 1.72. The molecule has 0 aliphatic carbocycles. The van der Waals surface area contributed by atoms with E-state index in [1.54, 1.807) is 6.92 Å². The molecule has 0 saturated heterocycles. The zero-order valence-corrected chi connectivity index (χ0v) is 12.5. The van der Waals surface area contributed by atoms with Crippen molar-refractivity contribution in [3.05, 3.63) is 29.8 Å². The topological polar surface area (TPSA) is 152 Å². The van der Waals surface area contributed by atoms with Gasteiger partial charge in [-0.1, -0.05) is 17.7 Å². The van der Waals surface area contributed by atoms with E-state index in [0.717, 1.165) is 5.56 Å². The Hall–Kier alpha value is -1.36. The average molecular weight is 334 g/mol. The molecule has 0 aliphatic heterocycles. The number of rotatable bonds is 7. The van der Waals surface area contributed by atoms with Crippen molar-refractivity contribution < 1.29 is 38.7 Å². The van der Waals surface area contributed by atoms with Gasteiger partial charge in [0.05, 0.1) is 4.90 Å². The minimum absolute atomic E-state index is 0.0958. The maximum Gasteiger partial charge on any atom is 0.207 e. The van der Waals surface area contributed by atoms with E-state index < -0.39 is 39.7 Å². The lowest BCUT2D eigenvalue weighted by Crippen LogP contribution is -2.51. The summed E-state index contributed by atoms with van der Waals surface area (Å²) < 4.78 is 24.2. The molecule has 0 saturated carbocycles. The number of aldehydes is 1. The monoisotopic (exact) mass is 334 g/mol. The van der Waals surface area contributed by atoms with E-state index in [4.69, 9.17) is 5.11 Å². The first-order valence-corrected chi connectivity index (χ1v) is 7.83. The summed E-state index contributed by atoms with van der Waals surface area (Å²) in [5.74, 6) is 0. The van der Waals surface area contributed by atoms with Gasteiger partial charge in [0.1, 0.15) is 24.4 Å². The molecule has 22 heavy (non-hydrogen) atoms. The first-order valence-electron chi connectivity index (χ1n) is 6.29. The highest BCUT2D eigenvalue weighted by molar-refractivity contribution is 7.92. The van der Waals surface area contributed by atoms with Gasteiger partial charge in [-0.05, 0) is 19.1 Å². The van der Waals surface area contributed by atoms with Gasteiger partial charge in [0.2, 0.25) is 9.84 Å².